The average molecular weight is 908 g/mol. The van der Waals surface area contributed by atoms with E-state index in [-0.39, 0.29) is 0 Å². The lowest BCUT2D eigenvalue weighted by molar-refractivity contribution is 0.989. The molecule has 0 spiro atoms. The van der Waals surface area contributed by atoms with E-state index in [1.165, 1.54) is 52.6 Å². The van der Waals surface area contributed by atoms with Gasteiger partial charge in [0, 0.05) is 28.3 Å². The highest BCUT2D eigenvalue weighted by Crippen LogP contribution is 2.42. The van der Waals surface area contributed by atoms with Crippen molar-refractivity contribution in [1.82, 2.24) is 15.0 Å². The number of hydrogen-bond donors (Lipinski definition) is 0. The fraction of sp³-hybridized carbons (Fsp3) is 0.0656. The lowest BCUT2D eigenvalue weighted by atomic mass is 10.1. The van der Waals surface area contributed by atoms with Gasteiger partial charge in [-0.3, -0.25) is 9.80 Å². The summed E-state index contributed by atoms with van der Waals surface area (Å²) in [6.45, 7) is 4.50. The van der Waals surface area contributed by atoms with Gasteiger partial charge in [0.2, 0.25) is 11.9 Å². The van der Waals surface area contributed by atoms with Crippen molar-refractivity contribution in [1.29, 1.82) is 0 Å². The van der Waals surface area contributed by atoms with Gasteiger partial charge in [-0.2, -0.15) is 15.0 Å². The Morgan fingerprint density at radius 1 is 0.324 bits per heavy atom. The van der Waals surface area contributed by atoms with Gasteiger partial charge in [-0.05, 0) is 89.7 Å². The lowest BCUT2D eigenvalue weighted by Crippen LogP contribution is -2.77. The molecule has 9 aromatic carbocycles. The third-order valence-electron chi connectivity index (χ3n) is 14.2. The zero-order valence-electron chi connectivity index (χ0n) is 38.2. The summed E-state index contributed by atoms with van der Waals surface area (Å²) in [5.41, 5.74) is 7.84. The minimum Gasteiger partial charge on any atom is -0.279 e. The highest BCUT2D eigenvalue weighted by molar-refractivity contribution is 7.22. The van der Waals surface area contributed by atoms with Crippen LogP contribution >= 0.6 is 0 Å². The summed E-state index contributed by atoms with van der Waals surface area (Å²) in [5.74, 6) is 1.75. The first-order valence-corrected chi connectivity index (χ1v) is 27.7. The number of fused-ring (bicyclic) bond motifs is 4. The summed E-state index contributed by atoms with van der Waals surface area (Å²) in [5, 5.41) is 10.6. The molecule has 0 saturated carbocycles. The fourth-order valence-electron chi connectivity index (χ4n) is 11.1. The Morgan fingerprint density at radius 3 is 1.01 bits per heavy atom. The van der Waals surface area contributed by atoms with Gasteiger partial charge in [0.25, 0.3) is 0 Å². The topological polar surface area (TPSA) is 45.2 Å². The molecular weight excluding hydrogens is 859 g/mol. The van der Waals surface area contributed by atoms with Crippen molar-refractivity contribution < 1.29 is 0 Å². The first kappa shape index (κ1) is 41.5. The van der Waals surface area contributed by atoms with E-state index < -0.39 is 16.1 Å². The monoisotopic (exact) mass is 907 g/mol. The SMILES string of the molecule is CCc1ccc2c(c1)[Si](c1ccccc1)(c1ccccc1)c1ccccc1N2c1nc(-c2ccccc2)nc(N2c3ccccc3[Si](c3ccccc3)(c3ccccc3)c3cc(CC)ccc32)n1. The van der Waals surface area contributed by atoms with E-state index in [0.29, 0.717) is 17.7 Å². The van der Waals surface area contributed by atoms with Crippen LogP contribution in [0.1, 0.15) is 25.0 Å². The Morgan fingerprint density at radius 2 is 0.647 bits per heavy atom. The molecule has 5 nitrogen and oxygen atoms in total. The summed E-state index contributed by atoms with van der Waals surface area (Å²) in [6, 6.07) is 87.3. The molecule has 7 heteroatoms. The minimum atomic E-state index is -2.93. The van der Waals surface area contributed by atoms with Crippen LogP contribution in [0, 0.1) is 0 Å². The average Bonchev–Trinajstić information content (AvgIpc) is 3.42. The summed E-state index contributed by atoms with van der Waals surface area (Å²) >= 11 is 0. The molecule has 0 saturated heterocycles. The van der Waals surface area contributed by atoms with E-state index in [9.17, 15) is 0 Å². The smallest absolute Gasteiger partial charge is 0.240 e. The van der Waals surface area contributed by atoms with Crippen LogP contribution in [0.4, 0.5) is 34.6 Å². The first-order chi connectivity index (χ1) is 33.6. The van der Waals surface area contributed by atoms with Crippen molar-refractivity contribution in [3.8, 4) is 11.4 Å². The number of hydrogen-bond acceptors (Lipinski definition) is 5. The quantitative estimate of drug-likeness (QED) is 0.136. The Balaban J connectivity index is 1.16. The van der Waals surface area contributed by atoms with Crippen molar-refractivity contribution in [2.75, 3.05) is 9.80 Å². The summed E-state index contributed by atoms with van der Waals surface area (Å²) in [6.07, 6.45) is 1.84. The molecule has 0 amide bonds. The van der Waals surface area contributed by atoms with Crippen molar-refractivity contribution in [2.45, 2.75) is 26.7 Å². The Kier molecular flexibility index (Phi) is 10.4. The largest absolute Gasteiger partial charge is 0.279 e. The van der Waals surface area contributed by atoms with E-state index in [1.807, 2.05) is 6.07 Å². The molecule has 1 aromatic heterocycles. The number of aryl methyl sites for hydroxylation is 2. The van der Waals surface area contributed by atoms with E-state index in [4.69, 9.17) is 15.0 Å². The molecule has 0 fully saturated rings. The van der Waals surface area contributed by atoms with Crippen molar-refractivity contribution in [3.05, 3.63) is 248 Å². The number of nitrogens with zero attached hydrogens (tertiary/aromatic N) is 5. The van der Waals surface area contributed by atoms with Gasteiger partial charge < -0.3 is 0 Å². The Hall–Kier alpha value is -7.98. The predicted octanol–water partition coefficient (Wildman–Crippen LogP) is 8.98. The second kappa shape index (κ2) is 17.0. The molecule has 0 aliphatic carbocycles. The zero-order chi connectivity index (χ0) is 45.7. The number of benzene rings is 9. The van der Waals surface area contributed by atoms with Crippen LogP contribution in [0.5, 0.6) is 0 Å². The molecular formula is C61H49N5Si2. The van der Waals surface area contributed by atoms with Crippen molar-refractivity contribution in [2.24, 2.45) is 0 Å². The van der Waals surface area contributed by atoms with Gasteiger partial charge >= 0.3 is 0 Å². The third-order valence-corrected chi connectivity index (χ3v) is 23.9. The highest BCUT2D eigenvalue weighted by Gasteiger charge is 2.51. The van der Waals surface area contributed by atoms with Crippen molar-refractivity contribution in [3.63, 3.8) is 0 Å². The van der Waals surface area contributed by atoms with Crippen LogP contribution in [0.2, 0.25) is 0 Å². The zero-order valence-corrected chi connectivity index (χ0v) is 40.2. The molecule has 12 rings (SSSR count). The molecule has 10 aromatic rings. The Labute approximate surface area is 400 Å². The molecule has 0 atom stereocenters. The second-order valence-electron chi connectivity index (χ2n) is 17.7. The molecule has 2 aliphatic rings. The van der Waals surface area contributed by atoms with Crippen LogP contribution in [0.25, 0.3) is 11.4 Å². The van der Waals surface area contributed by atoms with E-state index in [1.54, 1.807) is 0 Å². The molecule has 0 unspecified atom stereocenters. The third kappa shape index (κ3) is 6.38. The number of para-hydroxylation sites is 2. The van der Waals surface area contributed by atoms with Gasteiger partial charge in [0.15, 0.2) is 22.0 Å². The maximum atomic E-state index is 5.73. The highest BCUT2D eigenvalue weighted by atomic mass is 28.3. The van der Waals surface area contributed by atoms with Crippen LogP contribution in [-0.2, 0) is 12.8 Å². The number of aromatic nitrogens is 3. The minimum absolute atomic E-state index is 0.569. The summed E-state index contributed by atoms with van der Waals surface area (Å²) < 4.78 is 0. The maximum Gasteiger partial charge on any atom is 0.240 e. The van der Waals surface area contributed by atoms with Gasteiger partial charge in [-0.25, -0.2) is 0 Å². The van der Waals surface area contributed by atoms with Crippen LogP contribution < -0.4 is 51.3 Å². The van der Waals surface area contributed by atoms with Crippen molar-refractivity contribution >= 4 is 92.3 Å². The first-order valence-electron chi connectivity index (χ1n) is 23.7. The van der Waals surface area contributed by atoms with Crippen LogP contribution in [0.3, 0.4) is 0 Å². The molecule has 68 heavy (non-hydrogen) atoms. The van der Waals surface area contributed by atoms with Gasteiger partial charge in [-0.15, -0.1) is 0 Å². The van der Waals surface area contributed by atoms with Crippen LogP contribution in [0.15, 0.2) is 237 Å². The lowest BCUT2D eigenvalue weighted by Gasteiger charge is -2.45. The summed E-state index contributed by atoms with van der Waals surface area (Å²) in [7, 11) is -5.85. The molecule has 3 heterocycles. The normalized spacial score (nSPS) is 14.0. The number of rotatable bonds is 9. The molecule has 326 valence electrons. The second-order valence-corrected chi connectivity index (χ2v) is 25.2. The van der Waals surface area contributed by atoms with Gasteiger partial charge in [-0.1, -0.05) is 226 Å². The molecule has 0 bridgehead atoms. The fourth-order valence-corrected chi connectivity index (χ4v) is 21.5. The summed E-state index contributed by atoms with van der Waals surface area (Å²) in [4.78, 5) is 21.4. The van der Waals surface area contributed by atoms with Gasteiger partial charge in [0.05, 0.1) is 0 Å². The van der Waals surface area contributed by atoms with E-state index >= 15 is 0 Å². The van der Waals surface area contributed by atoms with E-state index in [2.05, 4.69) is 254 Å². The van der Waals surface area contributed by atoms with E-state index in [0.717, 1.165) is 41.2 Å². The predicted molar refractivity (Wildman–Crippen MR) is 288 cm³/mol. The molecule has 0 radical (unpaired) electrons. The van der Waals surface area contributed by atoms with Gasteiger partial charge in [0.1, 0.15) is 0 Å². The standard InChI is InChI=1S/C61H49N5Si2/c1-3-44-38-40-53-57(42-44)67(47-26-12-6-13-27-47,48-28-14-7-15-29-48)55-36-22-20-34-51(55)65(53)60-62-59(46-24-10-5-11-25-46)63-61(64-60)66-52-35-21-23-37-56(52)68(49-30-16-8-17-31-49,50-32-18-9-19-33-50)58-43-45(4-2)39-41-54(58)66/h5-43H,3-4H2,1-2H3. The maximum absolute atomic E-state index is 5.73. The number of anilines is 6. The Bertz CT molecular complexity index is 3160. The molecule has 2 aliphatic heterocycles. The molecule has 0 N–H and O–H groups in total. The van der Waals surface area contributed by atoms with Crippen LogP contribution in [-0.4, -0.2) is 31.1 Å².